The first kappa shape index (κ1) is 11.8. The van der Waals surface area contributed by atoms with Crippen LogP contribution in [-0.2, 0) is 0 Å². The zero-order valence-electron chi connectivity index (χ0n) is 9.80. The number of aromatic nitrogens is 3. The Morgan fingerprint density at radius 2 is 2.29 bits per heavy atom. The number of nitrogens with zero attached hydrogens (tertiary/aromatic N) is 1. The van der Waals surface area contributed by atoms with Gasteiger partial charge in [-0.2, -0.15) is 0 Å². The molecule has 7 nitrogen and oxygen atoms in total. The average molecular weight is 239 g/mol. The van der Waals surface area contributed by atoms with Crippen molar-refractivity contribution < 1.29 is 0 Å². The van der Waals surface area contributed by atoms with Gasteiger partial charge < -0.3 is 10.6 Å². The van der Waals surface area contributed by atoms with E-state index in [1.54, 1.807) is 0 Å². The summed E-state index contributed by atoms with van der Waals surface area (Å²) in [6, 6.07) is 0. The van der Waals surface area contributed by atoms with Crippen LogP contribution in [0.2, 0.25) is 0 Å². The summed E-state index contributed by atoms with van der Waals surface area (Å²) in [5.74, 6) is 0.163. The number of piperidine rings is 1. The average Bonchev–Trinajstić information content (AvgIpc) is 2.29. The molecule has 1 atom stereocenters. The molecule has 1 aromatic heterocycles. The number of hydrogen-bond donors (Lipinski definition) is 4. The minimum Gasteiger partial charge on any atom is -0.363 e. The number of H-pyrrole nitrogens is 2. The maximum absolute atomic E-state index is 11.4. The van der Waals surface area contributed by atoms with Gasteiger partial charge in [0.15, 0.2) is 0 Å². The van der Waals surface area contributed by atoms with Crippen LogP contribution in [0.15, 0.2) is 9.59 Å². The van der Waals surface area contributed by atoms with E-state index < -0.39 is 11.2 Å². The van der Waals surface area contributed by atoms with Crippen molar-refractivity contribution in [1.29, 1.82) is 0 Å². The molecule has 0 bridgehead atoms. The van der Waals surface area contributed by atoms with E-state index in [-0.39, 0.29) is 11.2 Å². The lowest BCUT2D eigenvalue weighted by atomic mass is 9.83. The topological polar surface area (TPSA) is 103 Å². The van der Waals surface area contributed by atoms with E-state index in [1.165, 1.54) is 0 Å². The van der Waals surface area contributed by atoms with Crippen molar-refractivity contribution in [3.8, 4) is 0 Å². The predicted molar refractivity (Wildman–Crippen MR) is 64.2 cm³/mol. The van der Waals surface area contributed by atoms with E-state index in [9.17, 15) is 9.59 Å². The van der Waals surface area contributed by atoms with Gasteiger partial charge in [0.05, 0.1) is 0 Å². The van der Waals surface area contributed by atoms with Crippen LogP contribution in [0, 0.1) is 5.41 Å². The summed E-state index contributed by atoms with van der Waals surface area (Å²) in [6.07, 6.45) is 2.24. The molecule has 0 radical (unpaired) electrons. The van der Waals surface area contributed by atoms with Gasteiger partial charge in [0, 0.05) is 13.1 Å². The molecule has 0 amide bonds. The molecule has 1 aliphatic rings. The lowest BCUT2D eigenvalue weighted by Crippen LogP contribution is -2.43. The van der Waals surface area contributed by atoms with E-state index in [0.717, 1.165) is 25.9 Å². The molecule has 1 fully saturated rings. The van der Waals surface area contributed by atoms with E-state index >= 15 is 0 Å². The maximum Gasteiger partial charge on any atom is 0.342 e. The van der Waals surface area contributed by atoms with Crippen molar-refractivity contribution in [1.82, 2.24) is 20.5 Å². The van der Waals surface area contributed by atoms with Crippen LogP contribution in [0.4, 0.5) is 5.82 Å². The van der Waals surface area contributed by atoms with Crippen molar-refractivity contribution in [2.45, 2.75) is 19.8 Å². The summed E-state index contributed by atoms with van der Waals surface area (Å²) in [5, 5.41) is 12.2. The summed E-state index contributed by atoms with van der Waals surface area (Å²) in [4.78, 5) is 24.3. The first-order valence-electron chi connectivity index (χ1n) is 5.73. The van der Waals surface area contributed by atoms with Gasteiger partial charge >= 0.3 is 5.69 Å². The molecule has 1 saturated heterocycles. The van der Waals surface area contributed by atoms with Crippen LogP contribution in [0.1, 0.15) is 19.8 Å². The van der Waals surface area contributed by atoms with E-state index in [2.05, 4.69) is 32.7 Å². The molecule has 2 heterocycles. The van der Waals surface area contributed by atoms with Gasteiger partial charge in [0.25, 0.3) is 5.56 Å². The SMILES string of the molecule is CC1(CNc2n[nH]c(=O)[nH]c2=O)CCCNC1. The van der Waals surface area contributed by atoms with E-state index in [4.69, 9.17) is 0 Å². The second-order valence-corrected chi connectivity index (χ2v) is 4.80. The Balaban J connectivity index is 2.02. The number of nitrogens with one attached hydrogen (secondary N) is 4. The fraction of sp³-hybridized carbons (Fsp3) is 0.700. The largest absolute Gasteiger partial charge is 0.363 e. The quantitative estimate of drug-likeness (QED) is 0.556. The zero-order valence-corrected chi connectivity index (χ0v) is 9.80. The van der Waals surface area contributed by atoms with Gasteiger partial charge in [0.1, 0.15) is 0 Å². The van der Waals surface area contributed by atoms with Crippen LogP contribution >= 0.6 is 0 Å². The zero-order chi connectivity index (χ0) is 12.3. The molecular formula is C10H17N5O2. The van der Waals surface area contributed by atoms with Gasteiger partial charge in [-0.3, -0.25) is 9.78 Å². The third-order valence-electron chi connectivity index (χ3n) is 3.08. The number of hydrogen-bond acceptors (Lipinski definition) is 5. The molecule has 4 N–H and O–H groups in total. The lowest BCUT2D eigenvalue weighted by Gasteiger charge is -2.34. The number of aromatic amines is 2. The molecule has 1 aromatic rings. The van der Waals surface area contributed by atoms with Crippen molar-refractivity contribution >= 4 is 5.82 Å². The molecule has 0 aliphatic carbocycles. The monoisotopic (exact) mass is 239 g/mol. The highest BCUT2D eigenvalue weighted by atomic mass is 16.2. The minimum atomic E-state index is -0.592. The molecule has 17 heavy (non-hydrogen) atoms. The van der Waals surface area contributed by atoms with E-state index in [0.29, 0.717) is 6.54 Å². The second-order valence-electron chi connectivity index (χ2n) is 4.80. The van der Waals surface area contributed by atoms with Crippen molar-refractivity contribution in [2.24, 2.45) is 5.41 Å². The Kier molecular flexibility index (Phi) is 3.28. The first-order chi connectivity index (χ1) is 8.09. The second kappa shape index (κ2) is 4.70. The third kappa shape index (κ3) is 2.94. The van der Waals surface area contributed by atoms with Crippen molar-refractivity contribution in [2.75, 3.05) is 25.0 Å². The Bertz CT molecular complexity index is 486. The summed E-state index contributed by atoms with van der Waals surface area (Å²) < 4.78 is 0. The van der Waals surface area contributed by atoms with Gasteiger partial charge in [-0.1, -0.05) is 6.92 Å². The minimum absolute atomic E-state index is 0.114. The van der Waals surface area contributed by atoms with Crippen LogP contribution in [-0.4, -0.2) is 34.8 Å². The Morgan fingerprint density at radius 3 is 2.94 bits per heavy atom. The molecule has 0 saturated carbocycles. The van der Waals surface area contributed by atoms with Crippen molar-refractivity contribution in [3.05, 3.63) is 20.8 Å². The molecule has 2 rings (SSSR count). The molecule has 1 unspecified atom stereocenters. The van der Waals surface area contributed by atoms with E-state index in [1.807, 2.05) is 0 Å². The Morgan fingerprint density at radius 1 is 1.47 bits per heavy atom. The smallest absolute Gasteiger partial charge is 0.342 e. The van der Waals surface area contributed by atoms with Gasteiger partial charge in [-0.15, -0.1) is 5.10 Å². The fourth-order valence-corrected chi connectivity index (χ4v) is 2.03. The molecule has 7 heteroatoms. The summed E-state index contributed by atoms with van der Waals surface area (Å²) in [5.41, 5.74) is -0.963. The van der Waals surface area contributed by atoms with Gasteiger partial charge in [-0.05, 0) is 24.8 Å². The van der Waals surface area contributed by atoms with Crippen LogP contribution < -0.4 is 21.9 Å². The fourth-order valence-electron chi connectivity index (χ4n) is 2.03. The number of anilines is 1. The highest BCUT2D eigenvalue weighted by molar-refractivity contribution is 5.29. The summed E-state index contributed by atoms with van der Waals surface area (Å²) in [6.45, 7) is 4.78. The van der Waals surface area contributed by atoms with Crippen LogP contribution in [0.3, 0.4) is 0 Å². The van der Waals surface area contributed by atoms with Gasteiger partial charge in [-0.25, -0.2) is 9.89 Å². The number of rotatable bonds is 3. The highest BCUT2D eigenvalue weighted by Crippen LogP contribution is 2.24. The first-order valence-corrected chi connectivity index (χ1v) is 5.73. The molecule has 0 aromatic carbocycles. The van der Waals surface area contributed by atoms with Crippen LogP contribution in [0.5, 0.6) is 0 Å². The Labute approximate surface area is 98.0 Å². The maximum atomic E-state index is 11.4. The molecular weight excluding hydrogens is 222 g/mol. The molecule has 1 aliphatic heterocycles. The third-order valence-corrected chi connectivity index (χ3v) is 3.08. The lowest BCUT2D eigenvalue weighted by molar-refractivity contribution is 0.253. The Hall–Kier alpha value is -1.63. The summed E-state index contributed by atoms with van der Waals surface area (Å²) >= 11 is 0. The predicted octanol–water partition coefficient (Wildman–Crippen LogP) is -0.740. The van der Waals surface area contributed by atoms with Gasteiger partial charge in [0.2, 0.25) is 5.82 Å². The molecule has 0 spiro atoms. The standard InChI is InChI=1S/C10H17N5O2/c1-10(3-2-4-11-5-10)6-12-7-8(16)13-9(17)15-14-7/h11H,2-6H2,1H3,(H,12,14)(H2,13,15,16,17). The molecule has 94 valence electrons. The highest BCUT2D eigenvalue weighted by Gasteiger charge is 2.26. The van der Waals surface area contributed by atoms with Crippen molar-refractivity contribution in [3.63, 3.8) is 0 Å². The summed E-state index contributed by atoms with van der Waals surface area (Å²) in [7, 11) is 0. The normalized spacial score (nSPS) is 24.5. The van der Waals surface area contributed by atoms with Crippen LogP contribution in [0.25, 0.3) is 0 Å².